The van der Waals surface area contributed by atoms with Gasteiger partial charge < -0.3 is 9.05 Å². The molecule has 1 rings (SSSR count). The second-order valence-corrected chi connectivity index (χ2v) is 6.70. The molecule has 0 radical (unpaired) electrons. The molecule has 1 heterocycles. The van der Waals surface area contributed by atoms with E-state index in [0.29, 0.717) is 4.88 Å². The van der Waals surface area contributed by atoms with Crippen molar-refractivity contribution in [2.75, 3.05) is 13.2 Å². The Balaban J connectivity index is 3.26. The fourth-order valence-corrected chi connectivity index (χ4v) is 5.02. The molecule has 0 aliphatic carbocycles. The second kappa shape index (κ2) is 7.43. The summed E-state index contributed by atoms with van der Waals surface area (Å²) < 4.78 is 23.4. The maximum absolute atomic E-state index is 12.8. The lowest BCUT2D eigenvalue weighted by Crippen LogP contribution is -2.13. The highest BCUT2D eigenvalue weighted by molar-refractivity contribution is 7.54. The van der Waals surface area contributed by atoms with Crippen molar-refractivity contribution in [2.24, 2.45) is 5.92 Å². The molecule has 1 aromatic heterocycles. The number of hydrogen-bond donors (Lipinski definition) is 0. The smallest absolute Gasteiger partial charge is 0.308 e. The largest absolute Gasteiger partial charge is 0.341 e. The maximum atomic E-state index is 12.8. The van der Waals surface area contributed by atoms with Crippen molar-refractivity contribution >= 4 is 18.9 Å². The normalized spacial score (nSPS) is 12.9. The summed E-state index contributed by atoms with van der Waals surface area (Å²) in [6, 6.07) is 7.27. The summed E-state index contributed by atoms with van der Waals surface area (Å²) in [5.41, 5.74) is -0.859. The van der Waals surface area contributed by atoms with Crippen LogP contribution >= 0.6 is 18.9 Å². The molecule has 0 saturated heterocycles. The van der Waals surface area contributed by atoms with E-state index in [9.17, 15) is 4.57 Å². The summed E-state index contributed by atoms with van der Waals surface area (Å²) in [6.07, 6.45) is 0. The first-order chi connectivity index (χ1) is 9.12. The van der Waals surface area contributed by atoms with E-state index in [1.54, 1.807) is 31.4 Å². The number of rotatable bonds is 7. The molecular weight excluding hydrogens is 283 g/mol. The van der Waals surface area contributed by atoms with E-state index in [1.165, 1.54) is 11.3 Å². The Morgan fingerprint density at radius 1 is 1.32 bits per heavy atom. The Hall–Kier alpha value is -1.17. The summed E-state index contributed by atoms with van der Waals surface area (Å²) in [6.45, 7) is 3.79. The van der Waals surface area contributed by atoms with Crippen molar-refractivity contribution in [3.05, 3.63) is 22.4 Å². The fraction of sp³-hybridized carbons (Fsp3) is 0.500. The van der Waals surface area contributed by atoms with E-state index in [4.69, 9.17) is 19.6 Å². The lowest BCUT2D eigenvalue weighted by atomic mass is 10.1. The van der Waals surface area contributed by atoms with Gasteiger partial charge in [0.05, 0.1) is 25.4 Å². The van der Waals surface area contributed by atoms with Crippen molar-refractivity contribution in [3.63, 3.8) is 0 Å². The van der Waals surface area contributed by atoms with Gasteiger partial charge in [0.15, 0.2) is 5.92 Å². The minimum Gasteiger partial charge on any atom is -0.308 e. The second-order valence-electron chi connectivity index (χ2n) is 3.57. The van der Waals surface area contributed by atoms with Crippen molar-refractivity contribution < 1.29 is 13.6 Å². The lowest BCUT2D eigenvalue weighted by molar-refractivity contribution is 0.210. The van der Waals surface area contributed by atoms with Crippen molar-refractivity contribution in [2.45, 2.75) is 19.5 Å². The van der Waals surface area contributed by atoms with E-state index >= 15 is 0 Å². The molecule has 0 aromatic carbocycles. The molecule has 1 aromatic rings. The highest BCUT2D eigenvalue weighted by Gasteiger charge is 2.43. The van der Waals surface area contributed by atoms with Crippen LogP contribution in [0.3, 0.4) is 0 Å². The Kier molecular flexibility index (Phi) is 6.21. The van der Waals surface area contributed by atoms with Crippen molar-refractivity contribution in [1.82, 2.24) is 0 Å². The Bertz CT molecular complexity index is 494. The van der Waals surface area contributed by atoms with Gasteiger partial charge in [0.25, 0.3) is 0 Å². The number of thiophene rings is 1. The number of nitrogens with zero attached hydrogens (tertiary/aromatic N) is 2. The molecule has 1 unspecified atom stereocenters. The Labute approximate surface area is 116 Å². The zero-order chi connectivity index (χ0) is 14.3. The number of nitriles is 2. The predicted molar refractivity (Wildman–Crippen MR) is 72.6 cm³/mol. The Morgan fingerprint density at radius 3 is 2.26 bits per heavy atom. The standard InChI is InChI=1S/C12H15N2O3PS/c1-3-16-18(15,17-4-2)12(10(8-13)9-14)11-6-5-7-19-11/h5-7,10,12H,3-4H2,1-2H3. The third kappa shape index (κ3) is 3.65. The molecule has 0 saturated carbocycles. The number of hydrogen-bond acceptors (Lipinski definition) is 6. The third-order valence-corrected chi connectivity index (χ3v) is 6.01. The summed E-state index contributed by atoms with van der Waals surface area (Å²) in [4.78, 5) is 0.665. The highest BCUT2D eigenvalue weighted by Crippen LogP contribution is 2.64. The van der Waals surface area contributed by atoms with Gasteiger partial charge in [0.1, 0.15) is 5.66 Å². The van der Waals surface area contributed by atoms with Gasteiger partial charge >= 0.3 is 7.60 Å². The van der Waals surface area contributed by atoms with Gasteiger partial charge in [0.2, 0.25) is 0 Å². The van der Waals surface area contributed by atoms with Gasteiger partial charge in [-0.3, -0.25) is 4.57 Å². The highest BCUT2D eigenvalue weighted by atomic mass is 32.1. The van der Waals surface area contributed by atoms with Crippen molar-refractivity contribution in [3.8, 4) is 12.1 Å². The van der Waals surface area contributed by atoms with Crippen LogP contribution in [0, 0.1) is 28.6 Å². The fourth-order valence-electron chi connectivity index (χ4n) is 1.69. The molecule has 0 aliphatic heterocycles. The summed E-state index contributed by atoms with van der Waals surface area (Å²) in [5.74, 6) is -1.07. The van der Waals surface area contributed by atoms with Gasteiger partial charge in [-0.1, -0.05) is 6.07 Å². The molecule has 102 valence electrons. The lowest BCUT2D eigenvalue weighted by Gasteiger charge is -2.25. The molecular formula is C12H15N2O3PS. The maximum Gasteiger partial charge on any atom is 0.341 e. The van der Waals surface area contributed by atoms with E-state index in [0.717, 1.165) is 0 Å². The molecule has 0 amide bonds. The Morgan fingerprint density at radius 2 is 1.89 bits per heavy atom. The van der Waals surface area contributed by atoms with Crippen LogP contribution < -0.4 is 0 Å². The van der Waals surface area contributed by atoms with Crippen LogP contribution in [0.1, 0.15) is 24.4 Å². The average Bonchev–Trinajstić information content (AvgIpc) is 2.89. The van der Waals surface area contributed by atoms with Gasteiger partial charge in [-0.15, -0.1) is 11.3 Å². The zero-order valence-electron chi connectivity index (χ0n) is 10.8. The first-order valence-electron chi connectivity index (χ1n) is 5.84. The molecule has 0 bridgehead atoms. The topological polar surface area (TPSA) is 83.1 Å². The summed E-state index contributed by atoms with van der Waals surface area (Å²) in [7, 11) is -3.54. The SMILES string of the molecule is CCOP(=O)(OCC)C(c1cccs1)C(C#N)C#N. The van der Waals surface area contributed by atoms with E-state index < -0.39 is 19.2 Å². The van der Waals surface area contributed by atoms with Crippen molar-refractivity contribution in [1.29, 1.82) is 10.5 Å². The van der Waals surface area contributed by atoms with Crippen LogP contribution in [0.4, 0.5) is 0 Å². The molecule has 1 atom stereocenters. The van der Waals surface area contributed by atoms with Crippen LogP contribution in [0.15, 0.2) is 17.5 Å². The van der Waals surface area contributed by atoms with Gasteiger partial charge in [-0.2, -0.15) is 10.5 Å². The molecule has 5 nitrogen and oxygen atoms in total. The third-order valence-electron chi connectivity index (χ3n) is 2.39. The van der Waals surface area contributed by atoms with E-state index in [2.05, 4.69) is 0 Å². The van der Waals surface area contributed by atoms with Crippen LogP contribution in [-0.2, 0) is 13.6 Å². The monoisotopic (exact) mass is 298 g/mol. The zero-order valence-corrected chi connectivity index (χ0v) is 12.5. The minimum absolute atomic E-state index is 0.197. The van der Waals surface area contributed by atoms with Gasteiger partial charge in [-0.05, 0) is 25.3 Å². The van der Waals surface area contributed by atoms with Gasteiger partial charge in [0, 0.05) is 4.88 Å². The van der Waals surface area contributed by atoms with Crippen LogP contribution in [0.25, 0.3) is 0 Å². The van der Waals surface area contributed by atoms with E-state index in [1.807, 2.05) is 12.1 Å². The predicted octanol–water partition coefficient (Wildman–Crippen LogP) is 3.72. The van der Waals surface area contributed by atoms with Crippen LogP contribution in [-0.4, -0.2) is 13.2 Å². The van der Waals surface area contributed by atoms with Crippen LogP contribution in [0.5, 0.6) is 0 Å². The molecule has 7 heteroatoms. The first kappa shape index (κ1) is 15.9. The molecule has 0 spiro atoms. The van der Waals surface area contributed by atoms with Gasteiger partial charge in [-0.25, -0.2) is 0 Å². The molecule has 0 N–H and O–H groups in total. The first-order valence-corrected chi connectivity index (χ1v) is 8.33. The molecule has 0 aliphatic rings. The molecule has 0 fully saturated rings. The molecule has 19 heavy (non-hydrogen) atoms. The summed E-state index contributed by atoms with van der Waals surface area (Å²) >= 11 is 1.33. The quantitative estimate of drug-likeness (QED) is 0.716. The minimum atomic E-state index is -3.54. The van der Waals surface area contributed by atoms with E-state index in [-0.39, 0.29) is 13.2 Å². The average molecular weight is 298 g/mol. The summed E-state index contributed by atoms with van der Waals surface area (Å²) in [5, 5.41) is 20.0. The van der Waals surface area contributed by atoms with Crippen LogP contribution in [0.2, 0.25) is 0 Å².